The van der Waals surface area contributed by atoms with E-state index in [1.165, 1.54) is 6.08 Å². The third kappa shape index (κ3) is 6.54. The monoisotopic (exact) mass is 378 g/mol. The fourth-order valence-corrected chi connectivity index (χ4v) is 3.35. The van der Waals surface area contributed by atoms with Gasteiger partial charge in [-0.2, -0.15) is 17.0 Å². The molecule has 0 spiro atoms. The zero-order valence-corrected chi connectivity index (χ0v) is 16.5. The molecular formula is C19H26N2O4S. The molecule has 0 heterocycles. The normalized spacial score (nSPS) is 11.4. The number of carbonyl (C=O) groups is 1. The first-order chi connectivity index (χ1) is 12.1. The van der Waals surface area contributed by atoms with E-state index in [-0.39, 0.29) is 19.6 Å². The topological polar surface area (TPSA) is 66.9 Å². The van der Waals surface area contributed by atoms with Gasteiger partial charge in [-0.15, -0.1) is 12.5 Å². The highest BCUT2D eigenvalue weighted by Crippen LogP contribution is 2.17. The van der Waals surface area contributed by atoms with Crippen molar-refractivity contribution in [1.29, 1.82) is 0 Å². The minimum Gasteiger partial charge on any atom is -0.443 e. The first-order valence-electron chi connectivity index (χ1n) is 8.17. The molecule has 6 nitrogen and oxygen atoms in total. The van der Waals surface area contributed by atoms with E-state index in [1.54, 1.807) is 27.7 Å². The van der Waals surface area contributed by atoms with E-state index in [9.17, 15) is 13.2 Å². The van der Waals surface area contributed by atoms with Crippen LogP contribution in [0.3, 0.4) is 0 Å². The van der Waals surface area contributed by atoms with Gasteiger partial charge in [0.1, 0.15) is 12.1 Å². The van der Waals surface area contributed by atoms with Crippen molar-refractivity contribution in [2.45, 2.75) is 39.8 Å². The molecule has 0 atom stereocenters. The second-order valence-electron chi connectivity index (χ2n) is 6.49. The summed E-state index contributed by atoms with van der Waals surface area (Å²) in [6.45, 7) is 10.1. The van der Waals surface area contributed by atoms with Crippen molar-refractivity contribution in [3.05, 3.63) is 48.6 Å². The SMILES string of the molecule is C=CCN(Cc1ccccc1)S(=O)(=O)N(CC#CC)C(=O)OC(C)(C)C. The summed E-state index contributed by atoms with van der Waals surface area (Å²) in [6, 6.07) is 9.12. The van der Waals surface area contributed by atoms with E-state index < -0.39 is 21.9 Å². The van der Waals surface area contributed by atoms with E-state index in [4.69, 9.17) is 4.74 Å². The van der Waals surface area contributed by atoms with Gasteiger partial charge in [-0.3, -0.25) is 0 Å². The van der Waals surface area contributed by atoms with Gasteiger partial charge in [-0.1, -0.05) is 42.3 Å². The second kappa shape index (κ2) is 9.41. The molecule has 1 rings (SSSR count). The maximum Gasteiger partial charge on any atom is 0.426 e. The van der Waals surface area contributed by atoms with Gasteiger partial charge < -0.3 is 4.74 Å². The van der Waals surface area contributed by atoms with Crippen LogP contribution in [-0.2, 0) is 21.5 Å². The predicted molar refractivity (Wildman–Crippen MR) is 102 cm³/mol. The van der Waals surface area contributed by atoms with Crippen LogP contribution in [0.15, 0.2) is 43.0 Å². The fraction of sp³-hybridized carbons (Fsp3) is 0.421. The molecule has 0 radical (unpaired) electrons. The van der Waals surface area contributed by atoms with Crippen molar-refractivity contribution in [3.8, 4) is 11.8 Å². The third-order valence-corrected chi connectivity index (χ3v) is 4.90. The number of hydrogen-bond acceptors (Lipinski definition) is 4. The van der Waals surface area contributed by atoms with Crippen LogP contribution in [0.5, 0.6) is 0 Å². The highest BCUT2D eigenvalue weighted by atomic mass is 32.2. The first-order valence-corrected chi connectivity index (χ1v) is 9.56. The molecule has 1 aromatic carbocycles. The summed E-state index contributed by atoms with van der Waals surface area (Å²) in [7, 11) is -4.15. The molecule has 1 aromatic rings. The molecule has 0 bridgehead atoms. The molecule has 1 amide bonds. The quantitative estimate of drug-likeness (QED) is 0.540. The van der Waals surface area contributed by atoms with Crippen molar-refractivity contribution < 1.29 is 17.9 Å². The lowest BCUT2D eigenvalue weighted by molar-refractivity contribution is 0.0397. The molecule has 0 aliphatic heterocycles. The van der Waals surface area contributed by atoms with Gasteiger partial charge in [0.05, 0.1) is 0 Å². The lowest BCUT2D eigenvalue weighted by Crippen LogP contribution is -2.48. The van der Waals surface area contributed by atoms with Gasteiger partial charge in [-0.25, -0.2) is 4.79 Å². The van der Waals surface area contributed by atoms with Crippen LogP contribution < -0.4 is 0 Å². The Kier molecular flexibility index (Phi) is 7.87. The van der Waals surface area contributed by atoms with E-state index >= 15 is 0 Å². The summed E-state index contributed by atoms with van der Waals surface area (Å²) < 4.78 is 33.3. The molecule has 142 valence electrons. The molecule has 0 aromatic heterocycles. The summed E-state index contributed by atoms with van der Waals surface area (Å²) in [5.74, 6) is 5.23. The molecule has 7 heteroatoms. The molecule has 0 N–H and O–H groups in total. The Balaban J connectivity index is 3.21. The molecular weight excluding hydrogens is 352 g/mol. The van der Waals surface area contributed by atoms with Gasteiger partial charge in [0.2, 0.25) is 0 Å². The number of rotatable bonds is 7. The van der Waals surface area contributed by atoms with Gasteiger partial charge in [0.15, 0.2) is 0 Å². The van der Waals surface area contributed by atoms with E-state index in [2.05, 4.69) is 18.4 Å². The third-order valence-electron chi connectivity index (χ3n) is 3.14. The van der Waals surface area contributed by atoms with Crippen molar-refractivity contribution in [2.75, 3.05) is 13.1 Å². The number of amides is 1. The summed E-state index contributed by atoms with van der Waals surface area (Å²) >= 11 is 0. The van der Waals surface area contributed by atoms with Gasteiger partial charge in [0.25, 0.3) is 0 Å². The van der Waals surface area contributed by atoms with Crippen molar-refractivity contribution in [2.24, 2.45) is 0 Å². The average Bonchev–Trinajstić information content (AvgIpc) is 2.54. The number of carbonyl (C=O) groups excluding carboxylic acids is 1. The number of ether oxygens (including phenoxy) is 1. The Labute approximate surface area is 156 Å². The van der Waals surface area contributed by atoms with E-state index in [0.29, 0.717) is 4.31 Å². The molecule has 0 saturated heterocycles. The molecule has 0 aliphatic rings. The van der Waals surface area contributed by atoms with Gasteiger partial charge in [0, 0.05) is 13.1 Å². The maximum atomic E-state index is 13.1. The largest absolute Gasteiger partial charge is 0.443 e. The summed E-state index contributed by atoms with van der Waals surface area (Å²) in [4.78, 5) is 12.5. The lowest BCUT2D eigenvalue weighted by atomic mass is 10.2. The summed E-state index contributed by atoms with van der Waals surface area (Å²) in [5.41, 5.74) is -0.0312. The molecule has 26 heavy (non-hydrogen) atoms. The minimum atomic E-state index is -4.15. The average molecular weight is 378 g/mol. The van der Waals surface area contributed by atoms with Crippen molar-refractivity contribution in [1.82, 2.24) is 8.61 Å². The zero-order valence-electron chi connectivity index (χ0n) is 15.7. The van der Waals surface area contributed by atoms with Crippen molar-refractivity contribution in [3.63, 3.8) is 0 Å². The smallest absolute Gasteiger partial charge is 0.426 e. The molecule has 0 aliphatic carbocycles. The number of benzene rings is 1. The van der Waals surface area contributed by atoms with Crippen LogP contribution in [0.1, 0.15) is 33.3 Å². The van der Waals surface area contributed by atoms with Crippen LogP contribution >= 0.6 is 0 Å². The zero-order chi connectivity index (χ0) is 19.8. The fourth-order valence-electron chi connectivity index (χ4n) is 2.01. The van der Waals surface area contributed by atoms with Gasteiger partial charge in [-0.05, 0) is 33.3 Å². The molecule has 0 fully saturated rings. The van der Waals surface area contributed by atoms with Crippen LogP contribution in [0, 0.1) is 11.8 Å². The Hall–Kier alpha value is -2.30. The summed E-state index contributed by atoms with van der Waals surface area (Å²) in [5, 5.41) is 0. The molecule has 0 saturated carbocycles. The Morgan fingerprint density at radius 1 is 1.27 bits per heavy atom. The number of hydrogen-bond donors (Lipinski definition) is 0. The Bertz CT molecular complexity index is 771. The second-order valence-corrected chi connectivity index (χ2v) is 8.34. The van der Waals surface area contributed by atoms with Crippen LogP contribution in [0.4, 0.5) is 4.79 Å². The van der Waals surface area contributed by atoms with Crippen molar-refractivity contribution >= 4 is 16.3 Å². The minimum absolute atomic E-state index is 0.0517. The highest BCUT2D eigenvalue weighted by Gasteiger charge is 2.35. The molecule has 0 unspecified atom stereocenters. The van der Waals surface area contributed by atoms with Crippen LogP contribution in [0.25, 0.3) is 0 Å². The lowest BCUT2D eigenvalue weighted by Gasteiger charge is -2.30. The van der Waals surface area contributed by atoms with E-state index in [0.717, 1.165) is 9.87 Å². The Morgan fingerprint density at radius 2 is 1.88 bits per heavy atom. The summed E-state index contributed by atoms with van der Waals surface area (Å²) in [6.07, 6.45) is 0.515. The standard InChI is InChI=1S/C19H26N2O4S/c1-6-8-15-21(18(22)25-19(3,4)5)26(23,24)20(14-7-2)16-17-12-10-9-11-13-17/h7,9-13H,2,14-16H2,1,3-5H3. The van der Waals surface area contributed by atoms with Crippen LogP contribution in [-0.4, -0.2) is 41.8 Å². The van der Waals surface area contributed by atoms with Crippen LogP contribution in [0.2, 0.25) is 0 Å². The van der Waals surface area contributed by atoms with E-state index in [1.807, 2.05) is 30.3 Å². The first kappa shape index (κ1) is 21.7. The highest BCUT2D eigenvalue weighted by molar-refractivity contribution is 7.87. The number of nitrogens with zero attached hydrogens (tertiary/aromatic N) is 2. The predicted octanol–water partition coefficient (Wildman–Crippen LogP) is 3.18. The van der Waals surface area contributed by atoms with Gasteiger partial charge >= 0.3 is 16.3 Å². The maximum absolute atomic E-state index is 13.1. The Morgan fingerprint density at radius 3 is 2.38 bits per heavy atom.